The summed E-state index contributed by atoms with van der Waals surface area (Å²) < 4.78 is 10.3. The highest BCUT2D eigenvalue weighted by atomic mass is 16.5. The average molecular weight is 316 g/mol. The molecule has 0 heterocycles. The van der Waals surface area contributed by atoms with Crippen LogP contribution in [0.4, 0.5) is 0 Å². The van der Waals surface area contributed by atoms with Gasteiger partial charge in [-0.2, -0.15) is 5.10 Å². The Morgan fingerprint density at radius 2 is 1.91 bits per heavy atom. The molecule has 0 unspecified atom stereocenters. The van der Waals surface area contributed by atoms with Gasteiger partial charge in [-0.05, 0) is 30.3 Å². The minimum Gasteiger partial charge on any atom is -0.508 e. The summed E-state index contributed by atoms with van der Waals surface area (Å²) in [5.74, 6) is 0.104. The topological polar surface area (TPSA) is 100 Å². The molecule has 0 fully saturated rings. The minimum absolute atomic E-state index is 0.00226. The highest BCUT2D eigenvalue weighted by Crippen LogP contribution is 2.23. The molecule has 0 atom stereocenters. The minimum atomic E-state index is -0.611. The zero-order valence-electron chi connectivity index (χ0n) is 12.6. The van der Waals surface area contributed by atoms with Crippen LogP contribution in [0.5, 0.6) is 23.0 Å². The molecule has 0 bridgehead atoms. The highest BCUT2D eigenvalue weighted by Gasteiger charge is 2.10. The zero-order chi connectivity index (χ0) is 16.8. The second-order valence-corrected chi connectivity index (χ2v) is 4.51. The fourth-order valence-corrected chi connectivity index (χ4v) is 1.87. The number of carbonyl (C=O) groups excluding carboxylic acids is 1. The summed E-state index contributed by atoms with van der Waals surface area (Å²) in [5.41, 5.74) is 2.90. The maximum absolute atomic E-state index is 11.9. The van der Waals surface area contributed by atoms with Gasteiger partial charge in [0, 0.05) is 11.6 Å². The Morgan fingerprint density at radius 3 is 2.57 bits per heavy atom. The lowest BCUT2D eigenvalue weighted by molar-refractivity contribution is 0.0952. The van der Waals surface area contributed by atoms with Gasteiger partial charge in [0.05, 0.1) is 26.0 Å². The van der Waals surface area contributed by atoms with Crippen LogP contribution in [-0.2, 0) is 0 Å². The Hall–Kier alpha value is -3.22. The lowest BCUT2D eigenvalue weighted by Gasteiger charge is -2.07. The van der Waals surface area contributed by atoms with E-state index in [1.54, 1.807) is 18.2 Å². The molecule has 0 aliphatic rings. The predicted octanol–water partition coefficient (Wildman–Crippen LogP) is 1.88. The van der Waals surface area contributed by atoms with E-state index in [4.69, 9.17) is 9.47 Å². The number of phenolic OH excluding ortho intramolecular Hbond substituents is 2. The quantitative estimate of drug-likeness (QED) is 0.577. The first-order valence-electron chi connectivity index (χ1n) is 6.62. The molecule has 7 nitrogen and oxygen atoms in total. The molecule has 120 valence electrons. The number of phenols is 2. The third-order valence-corrected chi connectivity index (χ3v) is 3.03. The molecular weight excluding hydrogens is 300 g/mol. The van der Waals surface area contributed by atoms with Crippen LogP contribution in [0.2, 0.25) is 0 Å². The second-order valence-electron chi connectivity index (χ2n) is 4.51. The van der Waals surface area contributed by atoms with Crippen LogP contribution in [-0.4, -0.2) is 36.6 Å². The van der Waals surface area contributed by atoms with E-state index in [1.165, 1.54) is 32.6 Å². The van der Waals surface area contributed by atoms with Crippen molar-refractivity contribution in [3.05, 3.63) is 47.5 Å². The summed E-state index contributed by atoms with van der Waals surface area (Å²) in [7, 11) is 3.06. The first kappa shape index (κ1) is 16.2. The number of hydrazone groups is 1. The lowest BCUT2D eigenvalue weighted by atomic mass is 10.2. The first-order valence-corrected chi connectivity index (χ1v) is 6.62. The van der Waals surface area contributed by atoms with Gasteiger partial charge >= 0.3 is 0 Å². The Bertz CT molecular complexity index is 743. The van der Waals surface area contributed by atoms with Crippen molar-refractivity contribution in [1.29, 1.82) is 0 Å². The monoisotopic (exact) mass is 316 g/mol. The number of nitrogens with one attached hydrogen (secondary N) is 1. The number of benzene rings is 2. The molecule has 0 radical (unpaired) electrons. The number of aromatic hydroxyl groups is 2. The van der Waals surface area contributed by atoms with Crippen molar-refractivity contribution in [3.8, 4) is 23.0 Å². The number of carbonyl (C=O) groups is 1. The van der Waals surface area contributed by atoms with Crippen molar-refractivity contribution in [3.63, 3.8) is 0 Å². The third kappa shape index (κ3) is 3.91. The molecule has 1 amide bonds. The van der Waals surface area contributed by atoms with E-state index >= 15 is 0 Å². The van der Waals surface area contributed by atoms with E-state index in [1.807, 2.05) is 0 Å². The fraction of sp³-hybridized carbons (Fsp3) is 0.125. The van der Waals surface area contributed by atoms with Crippen LogP contribution in [0, 0.1) is 0 Å². The summed E-state index contributed by atoms with van der Waals surface area (Å²) in [6.07, 6.45) is 1.40. The third-order valence-electron chi connectivity index (χ3n) is 3.03. The zero-order valence-corrected chi connectivity index (χ0v) is 12.6. The molecular formula is C16H16N2O5. The van der Waals surface area contributed by atoms with E-state index in [9.17, 15) is 15.0 Å². The molecule has 0 saturated carbocycles. The number of rotatable bonds is 5. The van der Waals surface area contributed by atoms with Gasteiger partial charge in [-0.25, -0.2) is 5.43 Å². The number of nitrogens with zero attached hydrogens (tertiary/aromatic N) is 1. The van der Waals surface area contributed by atoms with E-state index in [0.717, 1.165) is 6.07 Å². The number of methoxy groups -OCH3 is 2. The summed E-state index contributed by atoms with van der Waals surface area (Å²) in [6, 6.07) is 8.82. The van der Waals surface area contributed by atoms with Crippen molar-refractivity contribution in [1.82, 2.24) is 5.43 Å². The fourth-order valence-electron chi connectivity index (χ4n) is 1.87. The molecule has 0 aromatic heterocycles. The van der Waals surface area contributed by atoms with Crippen LogP contribution < -0.4 is 14.9 Å². The number of hydrogen-bond acceptors (Lipinski definition) is 6. The molecule has 23 heavy (non-hydrogen) atoms. The molecule has 0 spiro atoms. The normalized spacial score (nSPS) is 10.5. The Labute approximate surface area is 132 Å². The molecule has 2 aromatic rings. The van der Waals surface area contributed by atoms with E-state index in [0.29, 0.717) is 17.1 Å². The SMILES string of the molecule is COc1ccc(OC)c(/C=N/NC(=O)c2ccc(O)cc2O)c1. The standard InChI is InChI=1S/C16H16N2O5/c1-22-12-4-6-15(23-2)10(7-12)9-17-18-16(21)13-5-3-11(19)8-14(13)20/h3-9,19-20H,1-2H3,(H,18,21)/b17-9+. The van der Waals surface area contributed by atoms with Gasteiger partial charge in [0.1, 0.15) is 23.0 Å². The van der Waals surface area contributed by atoms with Crippen molar-refractivity contribution in [2.45, 2.75) is 0 Å². The van der Waals surface area contributed by atoms with Crippen molar-refractivity contribution >= 4 is 12.1 Å². The maximum atomic E-state index is 11.9. The Balaban J connectivity index is 2.13. The van der Waals surface area contributed by atoms with Crippen molar-refractivity contribution in [2.24, 2.45) is 5.10 Å². The lowest BCUT2D eigenvalue weighted by Crippen LogP contribution is -2.17. The molecule has 0 aliphatic heterocycles. The smallest absolute Gasteiger partial charge is 0.275 e. The second kappa shape index (κ2) is 7.17. The van der Waals surface area contributed by atoms with Gasteiger partial charge in [0.2, 0.25) is 0 Å². The first-order chi connectivity index (χ1) is 11.0. The maximum Gasteiger partial charge on any atom is 0.275 e. The number of amides is 1. The number of ether oxygens (including phenoxy) is 2. The van der Waals surface area contributed by atoms with Crippen LogP contribution >= 0.6 is 0 Å². The summed E-state index contributed by atoms with van der Waals surface area (Å²) in [6.45, 7) is 0. The molecule has 2 aromatic carbocycles. The molecule has 2 rings (SSSR count). The molecule has 3 N–H and O–H groups in total. The summed E-state index contributed by atoms with van der Waals surface area (Å²) >= 11 is 0. The van der Waals surface area contributed by atoms with E-state index in [2.05, 4.69) is 10.5 Å². The van der Waals surface area contributed by atoms with Gasteiger partial charge < -0.3 is 19.7 Å². The van der Waals surface area contributed by atoms with Crippen LogP contribution in [0.15, 0.2) is 41.5 Å². The van der Waals surface area contributed by atoms with E-state index < -0.39 is 5.91 Å². The summed E-state index contributed by atoms with van der Waals surface area (Å²) in [4.78, 5) is 11.9. The van der Waals surface area contributed by atoms with E-state index in [-0.39, 0.29) is 17.1 Å². The summed E-state index contributed by atoms with van der Waals surface area (Å²) in [5, 5.41) is 22.7. The highest BCUT2D eigenvalue weighted by molar-refractivity contribution is 5.97. The molecule has 0 aliphatic carbocycles. The predicted molar refractivity (Wildman–Crippen MR) is 84.4 cm³/mol. The number of hydrogen-bond donors (Lipinski definition) is 3. The van der Waals surface area contributed by atoms with Crippen molar-refractivity contribution < 1.29 is 24.5 Å². The van der Waals surface area contributed by atoms with Crippen LogP contribution in [0.25, 0.3) is 0 Å². The van der Waals surface area contributed by atoms with Gasteiger partial charge in [-0.1, -0.05) is 0 Å². The van der Waals surface area contributed by atoms with Crippen molar-refractivity contribution in [2.75, 3.05) is 14.2 Å². The van der Waals surface area contributed by atoms with Gasteiger partial charge in [0.25, 0.3) is 5.91 Å². The Kier molecular flexibility index (Phi) is 5.03. The molecule has 0 saturated heterocycles. The molecule has 7 heteroatoms. The van der Waals surface area contributed by atoms with Gasteiger partial charge in [-0.15, -0.1) is 0 Å². The van der Waals surface area contributed by atoms with Gasteiger partial charge in [-0.3, -0.25) is 4.79 Å². The van der Waals surface area contributed by atoms with Crippen LogP contribution in [0.1, 0.15) is 15.9 Å². The van der Waals surface area contributed by atoms with Crippen LogP contribution in [0.3, 0.4) is 0 Å². The van der Waals surface area contributed by atoms with Gasteiger partial charge in [0.15, 0.2) is 0 Å². The Morgan fingerprint density at radius 1 is 1.13 bits per heavy atom. The average Bonchev–Trinajstić information content (AvgIpc) is 2.54. The largest absolute Gasteiger partial charge is 0.508 e.